The first-order valence-corrected chi connectivity index (χ1v) is 12.3. The van der Waals surface area contributed by atoms with Gasteiger partial charge in [0.15, 0.2) is 0 Å². The quantitative estimate of drug-likeness (QED) is 0.314. The van der Waals surface area contributed by atoms with Crippen LogP contribution in [0.5, 0.6) is 5.75 Å². The van der Waals surface area contributed by atoms with Crippen LogP contribution in [0.15, 0.2) is 18.2 Å². The van der Waals surface area contributed by atoms with Gasteiger partial charge in [0.2, 0.25) is 11.9 Å². The maximum atomic E-state index is 13.1. The average molecular weight is 514 g/mol. The van der Waals surface area contributed by atoms with Crippen LogP contribution in [-0.4, -0.2) is 57.5 Å². The first-order chi connectivity index (χ1) is 17.6. The number of nitrogens with two attached hydrogens (primary N) is 1. The van der Waals surface area contributed by atoms with Crippen LogP contribution < -0.4 is 21.1 Å². The molecule has 3 rings (SSSR count). The molecule has 0 fully saturated rings. The van der Waals surface area contributed by atoms with E-state index in [0.29, 0.717) is 61.1 Å². The Morgan fingerprint density at radius 2 is 1.95 bits per heavy atom. The molecule has 2 aromatic heterocycles. The molecule has 3 aromatic rings. The molecule has 4 N–H and O–H groups in total. The van der Waals surface area contributed by atoms with Gasteiger partial charge in [0, 0.05) is 25.2 Å². The van der Waals surface area contributed by atoms with Gasteiger partial charge in [-0.2, -0.15) is 5.10 Å². The van der Waals surface area contributed by atoms with Crippen molar-refractivity contribution in [3.8, 4) is 5.75 Å². The molecule has 37 heavy (non-hydrogen) atoms. The molecule has 12 nitrogen and oxygen atoms in total. The number of carbonyl (C=O) groups is 3. The normalized spacial score (nSPS) is 11.1. The molecule has 12 heteroatoms. The van der Waals surface area contributed by atoms with Gasteiger partial charge >= 0.3 is 6.09 Å². The Bertz CT molecular complexity index is 1280. The summed E-state index contributed by atoms with van der Waals surface area (Å²) in [5.41, 5.74) is 7.85. The molecule has 0 saturated heterocycles. The monoisotopic (exact) mass is 513 g/mol. The largest absolute Gasteiger partial charge is 0.494 e. The Labute approximate surface area is 215 Å². The zero-order chi connectivity index (χ0) is 27.1. The Kier molecular flexibility index (Phi) is 9.10. The number of nitrogens with one attached hydrogen (secondary N) is 2. The Morgan fingerprint density at radius 3 is 2.59 bits per heavy atom. The van der Waals surface area contributed by atoms with Crippen molar-refractivity contribution in [1.29, 1.82) is 0 Å². The topological polar surface area (TPSA) is 155 Å². The predicted octanol–water partition coefficient (Wildman–Crippen LogP) is 3.08. The zero-order valence-electron chi connectivity index (χ0n) is 22.0. The summed E-state index contributed by atoms with van der Waals surface area (Å²) in [6.07, 6.45) is 0.832. The molecule has 0 bridgehead atoms. The molecular weight excluding hydrogens is 478 g/mol. The van der Waals surface area contributed by atoms with E-state index in [1.165, 1.54) is 13.2 Å². The Balaban J connectivity index is 1.85. The van der Waals surface area contributed by atoms with Crippen LogP contribution >= 0.6 is 0 Å². The number of imidazole rings is 1. The molecular formula is C25H35N7O5. The van der Waals surface area contributed by atoms with Crippen LogP contribution in [0.1, 0.15) is 60.2 Å². The molecule has 3 amide bonds. The number of alkyl carbamates (subject to hydrolysis) is 1. The lowest BCUT2D eigenvalue weighted by molar-refractivity contribution is 0.0995. The zero-order valence-corrected chi connectivity index (χ0v) is 22.0. The smallest absolute Gasteiger partial charge is 0.407 e. The minimum Gasteiger partial charge on any atom is -0.494 e. The van der Waals surface area contributed by atoms with E-state index in [1.54, 1.807) is 21.4 Å². The first-order valence-electron chi connectivity index (χ1n) is 12.3. The summed E-state index contributed by atoms with van der Waals surface area (Å²) in [5.74, 6) is 0.0967. The second-order valence-corrected chi connectivity index (χ2v) is 9.04. The molecule has 200 valence electrons. The Morgan fingerprint density at radius 1 is 1.19 bits per heavy atom. The molecule has 0 aliphatic rings. The summed E-state index contributed by atoms with van der Waals surface area (Å²) in [5, 5.41) is 9.93. The van der Waals surface area contributed by atoms with Crippen molar-refractivity contribution in [3.63, 3.8) is 0 Å². The van der Waals surface area contributed by atoms with E-state index in [2.05, 4.69) is 34.6 Å². The van der Waals surface area contributed by atoms with Crippen LogP contribution in [0.4, 0.5) is 10.7 Å². The van der Waals surface area contributed by atoms with Crippen molar-refractivity contribution in [2.75, 3.05) is 25.6 Å². The van der Waals surface area contributed by atoms with E-state index in [9.17, 15) is 14.4 Å². The Hall–Kier alpha value is -4.09. The lowest BCUT2D eigenvalue weighted by Gasteiger charge is -2.13. The van der Waals surface area contributed by atoms with Gasteiger partial charge in [-0.3, -0.25) is 19.6 Å². The highest BCUT2D eigenvalue weighted by Crippen LogP contribution is 2.31. The number of ether oxygens (including phenoxy) is 2. The van der Waals surface area contributed by atoms with Crippen LogP contribution in [-0.2, 0) is 17.8 Å². The number of hydrogen-bond acceptors (Lipinski definition) is 7. The van der Waals surface area contributed by atoms with Gasteiger partial charge in [-0.15, -0.1) is 0 Å². The molecule has 0 spiro atoms. The van der Waals surface area contributed by atoms with E-state index in [-0.39, 0.29) is 17.4 Å². The number of rotatable bonds is 12. The molecule has 0 saturated carbocycles. The number of amides is 3. The fraction of sp³-hybridized carbons (Fsp3) is 0.480. The van der Waals surface area contributed by atoms with E-state index >= 15 is 0 Å². The number of benzene rings is 1. The number of aryl methyl sites for hydroxylation is 3. The number of fused-ring (bicyclic) bond motifs is 1. The van der Waals surface area contributed by atoms with Gasteiger partial charge in [-0.25, -0.2) is 9.78 Å². The SMILES string of the molecule is CCn1nc(C)cc1C(=O)Nc1nc2cc(C(N)=O)cc(OC)c2n1CCCNC(=O)OCCC(C)C. The van der Waals surface area contributed by atoms with Crippen LogP contribution in [0.2, 0.25) is 0 Å². The standard InChI is InChI=1S/C25H35N7O5/c1-6-32-19(12-16(4)30-32)23(34)29-24-28-18-13-17(22(26)33)14-20(36-5)21(18)31(24)10-7-9-27-25(35)37-11-8-15(2)3/h12-15H,6-11H2,1-5H3,(H2,26,33)(H,27,35)(H,28,29,34). The van der Waals surface area contributed by atoms with E-state index in [4.69, 9.17) is 15.2 Å². The number of aromatic nitrogens is 4. The number of anilines is 1. The third kappa shape index (κ3) is 6.78. The van der Waals surface area contributed by atoms with Crippen LogP contribution in [0, 0.1) is 12.8 Å². The highest BCUT2D eigenvalue weighted by Gasteiger charge is 2.21. The van der Waals surface area contributed by atoms with E-state index < -0.39 is 12.0 Å². The fourth-order valence-electron chi connectivity index (χ4n) is 3.84. The molecule has 0 atom stereocenters. The summed E-state index contributed by atoms with van der Waals surface area (Å²) < 4.78 is 14.1. The third-order valence-corrected chi connectivity index (χ3v) is 5.73. The maximum Gasteiger partial charge on any atom is 0.407 e. The van der Waals surface area contributed by atoms with Crippen molar-refractivity contribution in [3.05, 3.63) is 35.2 Å². The molecule has 2 heterocycles. The van der Waals surface area contributed by atoms with Crippen molar-refractivity contribution in [2.45, 2.75) is 53.6 Å². The molecule has 1 aromatic carbocycles. The first kappa shape index (κ1) is 27.5. The van der Waals surface area contributed by atoms with Crippen molar-refractivity contribution < 1.29 is 23.9 Å². The number of nitrogens with zero attached hydrogens (tertiary/aromatic N) is 4. The van der Waals surface area contributed by atoms with Crippen LogP contribution in [0.3, 0.4) is 0 Å². The van der Waals surface area contributed by atoms with Gasteiger partial charge in [0.25, 0.3) is 5.91 Å². The van der Waals surface area contributed by atoms with Gasteiger partial charge in [0.1, 0.15) is 17.0 Å². The summed E-state index contributed by atoms with van der Waals surface area (Å²) in [6.45, 7) is 9.45. The predicted molar refractivity (Wildman–Crippen MR) is 139 cm³/mol. The number of methoxy groups -OCH3 is 1. The van der Waals surface area contributed by atoms with Gasteiger partial charge in [0.05, 0.1) is 24.9 Å². The molecule has 0 aliphatic heterocycles. The minimum absolute atomic E-state index is 0.234. The van der Waals surface area contributed by atoms with Crippen molar-refractivity contribution in [1.82, 2.24) is 24.6 Å². The fourth-order valence-corrected chi connectivity index (χ4v) is 3.84. The second-order valence-electron chi connectivity index (χ2n) is 9.04. The lowest BCUT2D eigenvalue weighted by Crippen LogP contribution is -2.27. The summed E-state index contributed by atoms with van der Waals surface area (Å²) in [7, 11) is 1.48. The van der Waals surface area contributed by atoms with Crippen LogP contribution in [0.25, 0.3) is 11.0 Å². The summed E-state index contributed by atoms with van der Waals surface area (Å²) in [6, 6.07) is 4.79. The number of carbonyl (C=O) groups excluding carboxylic acids is 3. The third-order valence-electron chi connectivity index (χ3n) is 5.73. The van der Waals surface area contributed by atoms with Gasteiger partial charge < -0.3 is 25.1 Å². The lowest BCUT2D eigenvalue weighted by atomic mass is 10.1. The summed E-state index contributed by atoms with van der Waals surface area (Å²) >= 11 is 0. The van der Waals surface area contributed by atoms with E-state index in [1.807, 2.05) is 13.8 Å². The highest BCUT2D eigenvalue weighted by molar-refractivity contribution is 6.04. The number of hydrogen-bond donors (Lipinski definition) is 3. The molecule has 0 aliphatic carbocycles. The second kappa shape index (κ2) is 12.2. The van der Waals surface area contributed by atoms with E-state index in [0.717, 1.165) is 12.1 Å². The van der Waals surface area contributed by atoms with Gasteiger partial charge in [-0.1, -0.05) is 13.8 Å². The molecule has 0 unspecified atom stereocenters. The summed E-state index contributed by atoms with van der Waals surface area (Å²) in [4.78, 5) is 41.5. The molecule has 0 radical (unpaired) electrons. The van der Waals surface area contributed by atoms with Crippen molar-refractivity contribution >= 4 is 34.9 Å². The van der Waals surface area contributed by atoms with Crippen molar-refractivity contribution in [2.24, 2.45) is 11.7 Å². The maximum absolute atomic E-state index is 13.1. The highest BCUT2D eigenvalue weighted by atomic mass is 16.5. The van der Waals surface area contributed by atoms with Gasteiger partial charge in [-0.05, 0) is 50.8 Å². The minimum atomic E-state index is -0.622. The average Bonchev–Trinajstić information content (AvgIpc) is 3.40. The number of primary amides is 1.